The lowest BCUT2D eigenvalue weighted by Crippen LogP contribution is -2.36. The Kier molecular flexibility index (Phi) is 5.07. The zero-order chi connectivity index (χ0) is 11.2. The molecule has 0 spiro atoms. The summed E-state index contributed by atoms with van der Waals surface area (Å²) in [6.07, 6.45) is 4.20. The molecule has 2 heterocycles. The Morgan fingerprint density at radius 2 is 1.12 bits per heavy atom. The highest BCUT2D eigenvalue weighted by molar-refractivity contribution is 4.72. The van der Waals surface area contributed by atoms with Gasteiger partial charge in [-0.15, -0.1) is 0 Å². The smallest absolute Gasteiger partial charge is 0.0110 e. The largest absolute Gasteiger partial charge is 0.302 e. The molecule has 3 nitrogen and oxygen atoms in total. The van der Waals surface area contributed by atoms with Crippen LogP contribution in [0.25, 0.3) is 0 Å². The van der Waals surface area contributed by atoms with Crippen LogP contribution in [0.4, 0.5) is 0 Å². The number of hydrogen-bond donors (Lipinski definition) is 0. The lowest BCUT2D eigenvalue weighted by atomic mass is 10.3. The predicted molar refractivity (Wildman–Crippen MR) is 68.8 cm³/mol. The first-order chi connectivity index (χ1) is 7.88. The van der Waals surface area contributed by atoms with E-state index in [1.165, 1.54) is 78.2 Å². The molecular weight excluding hydrogens is 198 g/mol. The summed E-state index contributed by atoms with van der Waals surface area (Å²) in [5.41, 5.74) is 0. The van der Waals surface area contributed by atoms with Gasteiger partial charge in [0.1, 0.15) is 0 Å². The van der Waals surface area contributed by atoms with Crippen LogP contribution < -0.4 is 0 Å². The molecule has 0 atom stereocenters. The molecule has 0 unspecified atom stereocenters. The summed E-state index contributed by atoms with van der Waals surface area (Å²) in [4.78, 5) is 7.87. The molecule has 0 aromatic heterocycles. The van der Waals surface area contributed by atoms with Crippen molar-refractivity contribution in [1.29, 1.82) is 0 Å². The van der Waals surface area contributed by atoms with E-state index in [1.807, 2.05) is 0 Å². The minimum Gasteiger partial charge on any atom is -0.302 e. The molecule has 2 rings (SSSR count). The van der Waals surface area contributed by atoms with E-state index in [0.29, 0.717) is 0 Å². The van der Waals surface area contributed by atoms with Crippen molar-refractivity contribution in [3.63, 3.8) is 0 Å². The Balaban J connectivity index is 1.65. The zero-order valence-corrected chi connectivity index (χ0v) is 10.8. The summed E-state index contributed by atoms with van der Waals surface area (Å²) < 4.78 is 0. The maximum Gasteiger partial charge on any atom is 0.0110 e. The molecule has 94 valence electrons. The number of rotatable bonds is 4. The second-order valence-electron chi connectivity index (χ2n) is 5.18. The highest BCUT2D eigenvalue weighted by atomic mass is 15.2. The number of likely N-dealkylation sites (N-methyl/N-ethyl adjacent to an activating group) is 1. The Bertz CT molecular complexity index is 190. The van der Waals surface area contributed by atoms with Gasteiger partial charge >= 0.3 is 0 Å². The lowest BCUT2D eigenvalue weighted by molar-refractivity contribution is 0.225. The van der Waals surface area contributed by atoms with E-state index in [1.54, 1.807) is 0 Å². The molecule has 0 radical (unpaired) electrons. The third-order valence-corrected chi connectivity index (χ3v) is 4.06. The van der Waals surface area contributed by atoms with Crippen molar-refractivity contribution in [2.45, 2.75) is 26.2 Å². The van der Waals surface area contributed by atoms with Crippen molar-refractivity contribution in [3.8, 4) is 0 Å². The summed E-state index contributed by atoms with van der Waals surface area (Å²) in [5.74, 6) is 0. The SMILES string of the molecule is CCN1CCCN(CCN2CCCC2)CC1. The Labute approximate surface area is 100 Å². The van der Waals surface area contributed by atoms with Crippen LogP contribution in [0.15, 0.2) is 0 Å². The summed E-state index contributed by atoms with van der Waals surface area (Å²) in [5, 5.41) is 0. The second-order valence-corrected chi connectivity index (χ2v) is 5.18. The fourth-order valence-electron chi connectivity index (χ4n) is 2.85. The van der Waals surface area contributed by atoms with Crippen LogP contribution in [0.2, 0.25) is 0 Å². The van der Waals surface area contributed by atoms with Gasteiger partial charge in [0.15, 0.2) is 0 Å². The third kappa shape index (κ3) is 3.72. The van der Waals surface area contributed by atoms with E-state index in [9.17, 15) is 0 Å². The van der Waals surface area contributed by atoms with Crippen molar-refractivity contribution in [2.75, 3.05) is 58.9 Å². The Morgan fingerprint density at radius 3 is 1.81 bits per heavy atom. The molecule has 2 aliphatic rings. The van der Waals surface area contributed by atoms with Gasteiger partial charge in [-0.2, -0.15) is 0 Å². The predicted octanol–water partition coefficient (Wildman–Crippen LogP) is 1.11. The van der Waals surface area contributed by atoms with Gasteiger partial charge in [0.05, 0.1) is 0 Å². The van der Waals surface area contributed by atoms with Crippen LogP contribution in [0.5, 0.6) is 0 Å². The van der Waals surface area contributed by atoms with E-state index in [4.69, 9.17) is 0 Å². The van der Waals surface area contributed by atoms with Crippen LogP contribution in [0, 0.1) is 0 Å². The summed E-state index contributed by atoms with van der Waals surface area (Å²) >= 11 is 0. The van der Waals surface area contributed by atoms with Crippen LogP contribution in [0.1, 0.15) is 26.2 Å². The van der Waals surface area contributed by atoms with Gasteiger partial charge in [-0.1, -0.05) is 6.92 Å². The minimum atomic E-state index is 1.22. The molecule has 16 heavy (non-hydrogen) atoms. The number of nitrogens with zero attached hydrogens (tertiary/aromatic N) is 3. The normalized spacial score (nSPS) is 26.1. The molecule has 2 aliphatic heterocycles. The fourth-order valence-corrected chi connectivity index (χ4v) is 2.85. The average Bonchev–Trinajstić information content (AvgIpc) is 2.72. The van der Waals surface area contributed by atoms with Crippen LogP contribution in [-0.4, -0.2) is 73.6 Å². The van der Waals surface area contributed by atoms with Gasteiger partial charge in [-0.25, -0.2) is 0 Å². The molecule has 0 aliphatic carbocycles. The summed E-state index contributed by atoms with van der Waals surface area (Å²) in [7, 11) is 0. The van der Waals surface area contributed by atoms with Crippen LogP contribution >= 0.6 is 0 Å². The number of likely N-dealkylation sites (tertiary alicyclic amines) is 1. The van der Waals surface area contributed by atoms with E-state index in [-0.39, 0.29) is 0 Å². The first kappa shape index (κ1) is 12.3. The van der Waals surface area contributed by atoms with Gasteiger partial charge in [0.25, 0.3) is 0 Å². The molecule has 0 bridgehead atoms. The monoisotopic (exact) mass is 225 g/mol. The second kappa shape index (κ2) is 6.58. The standard InChI is InChI=1S/C13H27N3/c1-2-14-8-5-9-16(11-10-14)13-12-15-6-3-4-7-15/h2-13H2,1H3. The highest BCUT2D eigenvalue weighted by Crippen LogP contribution is 2.08. The summed E-state index contributed by atoms with van der Waals surface area (Å²) in [6.45, 7) is 13.9. The van der Waals surface area contributed by atoms with Crippen molar-refractivity contribution < 1.29 is 0 Å². The van der Waals surface area contributed by atoms with E-state index in [0.717, 1.165) is 0 Å². The topological polar surface area (TPSA) is 9.72 Å². The van der Waals surface area contributed by atoms with Gasteiger partial charge in [0.2, 0.25) is 0 Å². The molecule has 0 N–H and O–H groups in total. The molecular formula is C13H27N3. The third-order valence-electron chi connectivity index (χ3n) is 4.06. The summed E-state index contributed by atoms with van der Waals surface area (Å²) in [6, 6.07) is 0. The van der Waals surface area contributed by atoms with Gasteiger partial charge in [0, 0.05) is 26.2 Å². The first-order valence-corrected chi connectivity index (χ1v) is 7.05. The van der Waals surface area contributed by atoms with E-state index < -0.39 is 0 Å². The zero-order valence-electron chi connectivity index (χ0n) is 10.8. The molecule has 2 saturated heterocycles. The Hall–Kier alpha value is -0.120. The minimum absolute atomic E-state index is 1.22. The molecule has 0 amide bonds. The van der Waals surface area contributed by atoms with Gasteiger partial charge < -0.3 is 14.7 Å². The lowest BCUT2D eigenvalue weighted by Gasteiger charge is -2.23. The van der Waals surface area contributed by atoms with Crippen molar-refractivity contribution >= 4 is 0 Å². The fraction of sp³-hybridized carbons (Fsp3) is 1.00. The van der Waals surface area contributed by atoms with E-state index >= 15 is 0 Å². The van der Waals surface area contributed by atoms with Gasteiger partial charge in [-0.3, -0.25) is 0 Å². The quantitative estimate of drug-likeness (QED) is 0.710. The van der Waals surface area contributed by atoms with Crippen LogP contribution in [-0.2, 0) is 0 Å². The maximum absolute atomic E-state index is 2.66. The first-order valence-electron chi connectivity index (χ1n) is 7.05. The Morgan fingerprint density at radius 1 is 0.625 bits per heavy atom. The molecule has 0 aromatic rings. The molecule has 0 aromatic carbocycles. The molecule has 2 fully saturated rings. The van der Waals surface area contributed by atoms with Crippen molar-refractivity contribution in [3.05, 3.63) is 0 Å². The van der Waals surface area contributed by atoms with Gasteiger partial charge in [-0.05, 0) is 52.0 Å². The van der Waals surface area contributed by atoms with Crippen LogP contribution in [0.3, 0.4) is 0 Å². The average molecular weight is 225 g/mol. The van der Waals surface area contributed by atoms with E-state index in [2.05, 4.69) is 21.6 Å². The molecule has 3 heteroatoms. The van der Waals surface area contributed by atoms with Crippen molar-refractivity contribution in [2.24, 2.45) is 0 Å². The highest BCUT2D eigenvalue weighted by Gasteiger charge is 2.16. The molecule has 0 saturated carbocycles. The van der Waals surface area contributed by atoms with Crippen molar-refractivity contribution in [1.82, 2.24) is 14.7 Å². The maximum atomic E-state index is 2.66. The number of hydrogen-bond acceptors (Lipinski definition) is 3.